The van der Waals surface area contributed by atoms with Gasteiger partial charge in [0.05, 0.1) is 32.9 Å². The molecule has 0 bridgehead atoms. The molecule has 39 heavy (non-hydrogen) atoms. The third kappa shape index (κ3) is 4.35. The maximum atomic E-state index is 13.4. The lowest BCUT2D eigenvalue weighted by atomic mass is 9.90. The van der Waals surface area contributed by atoms with E-state index in [9.17, 15) is 4.79 Å². The van der Waals surface area contributed by atoms with Crippen LogP contribution in [-0.2, 0) is 15.1 Å². The van der Waals surface area contributed by atoms with Crippen molar-refractivity contribution in [1.82, 2.24) is 14.7 Å². The Bertz CT molecular complexity index is 1550. The molecule has 3 heterocycles. The third-order valence-corrected chi connectivity index (χ3v) is 9.30. The van der Waals surface area contributed by atoms with Gasteiger partial charge in [-0.15, -0.1) is 0 Å². The molecule has 1 atom stereocenters. The molecular weight excluding hydrogens is 535 g/mol. The van der Waals surface area contributed by atoms with Crippen LogP contribution in [0.1, 0.15) is 68.8 Å². The topological polar surface area (TPSA) is 73.4 Å². The van der Waals surface area contributed by atoms with Gasteiger partial charge in [0, 0.05) is 30.8 Å². The van der Waals surface area contributed by atoms with Crippen LogP contribution >= 0.6 is 23.2 Å². The lowest BCUT2D eigenvalue weighted by Gasteiger charge is -2.38. The second kappa shape index (κ2) is 9.95. The summed E-state index contributed by atoms with van der Waals surface area (Å²) in [6, 6.07) is 12.0. The van der Waals surface area contributed by atoms with E-state index in [-0.39, 0.29) is 18.1 Å². The zero-order valence-electron chi connectivity index (χ0n) is 22.6. The number of rotatable bonds is 5. The highest BCUT2D eigenvalue weighted by atomic mass is 35.5. The van der Waals surface area contributed by atoms with Crippen LogP contribution in [0.2, 0.25) is 10.0 Å². The first-order chi connectivity index (χ1) is 18.7. The summed E-state index contributed by atoms with van der Waals surface area (Å²) in [6.45, 7) is 6.00. The van der Waals surface area contributed by atoms with Gasteiger partial charge in [0.2, 0.25) is 5.91 Å². The second-order valence-electron chi connectivity index (χ2n) is 11.0. The monoisotopic (exact) mass is 566 g/mol. The highest BCUT2D eigenvalue weighted by Crippen LogP contribution is 2.46. The third-order valence-electron chi connectivity index (χ3n) is 8.57. The molecule has 2 aromatic carbocycles. The summed E-state index contributed by atoms with van der Waals surface area (Å²) in [5.41, 5.74) is 4.90. The largest absolute Gasteiger partial charge is 0.381 e. The number of aryl methyl sites for hydroxylation is 2. The van der Waals surface area contributed by atoms with Crippen LogP contribution in [0.25, 0.3) is 22.2 Å². The Kier molecular flexibility index (Phi) is 6.72. The summed E-state index contributed by atoms with van der Waals surface area (Å²) in [5, 5.41) is 5.03. The summed E-state index contributed by atoms with van der Waals surface area (Å²) in [4.78, 5) is 20.6. The average molecular weight is 568 g/mol. The fourth-order valence-corrected chi connectivity index (χ4v) is 6.84. The minimum Gasteiger partial charge on any atom is -0.381 e. The van der Waals surface area contributed by atoms with E-state index in [1.165, 1.54) is 0 Å². The number of fused-ring (bicyclic) bond motifs is 1. The molecule has 0 N–H and O–H groups in total. The van der Waals surface area contributed by atoms with Crippen molar-refractivity contribution in [3.63, 3.8) is 0 Å². The quantitative estimate of drug-likeness (QED) is 0.246. The molecule has 4 aromatic rings. The van der Waals surface area contributed by atoms with Crippen LogP contribution in [0.15, 0.2) is 40.9 Å². The zero-order valence-corrected chi connectivity index (χ0v) is 24.1. The number of halogens is 2. The van der Waals surface area contributed by atoms with E-state index >= 15 is 0 Å². The minimum absolute atomic E-state index is 0.0500. The number of carbonyl (C=O) groups is 1. The number of anilines is 1. The van der Waals surface area contributed by atoms with Crippen molar-refractivity contribution in [3.05, 3.63) is 63.7 Å². The number of ether oxygens (including phenoxy) is 1. The number of carbonyl (C=O) groups excluding carboxylic acids is 1. The molecule has 9 heteroatoms. The van der Waals surface area contributed by atoms with Gasteiger partial charge in [0.25, 0.3) is 0 Å². The van der Waals surface area contributed by atoms with E-state index in [1.807, 2.05) is 24.8 Å². The SMILES string of the molecule is COC1CCC(n2c([C@@]3(C)CCC(=O)N3c3ccc(Cl)c(Cl)c3)nc3cc(-c4c(C)noc4C)ccc32)CC1. The molecule has 0 radical (unpaired) electrons. The molecule has 2 aromatic heterocycles. The highest BCUT2D eigenvalue weighted by Gasteiger charge is 2.48. The number of aromatic nitrogens is 3. The molecule has 2 fully saturated rings. The van der Waals surface area contributed by atoms with Gasteiger partial charge in [-0.1, -0.05) is 34.4 Å². The highest BCUT2D eigenvalue weighted by molar-refractivity contribution is 6.42. The van der Waals surface area contributed by atoms with Gasteiger partial charge in [-0.3, -0.25) is 9.69 Å². The van der Waals surface area contributed by atoms with E-state index in [2.05, 4.69) is 34.8 Å². The van der Waals surface area contributed by atoms with Crippen molar-refractivity contribution in [1.29, 1.82) is 0 Å². The first-order valence-corrected chi connectivity index (χ1v) is 14.2. The fraction of sp³-hybridized carbons (Fsp3) is 0.433. The number of amides is 1. The zero-order chi connectivity index (χ0) is 27.5. The van der Waals surface area contributed by atoms with Crippen LogP contribution in [-0.4, -0.2) is 33.8 Å². The van der Waals surface area contributed by atoms with E-state index in [4.69, 9.17) is 37.4 Å². The molecule has 0 unspecified atom stereocenters. The Morgan fingerprint density at radius 2 is 1.82 bits per heavy atom. The van der Waals surface area contributed by atoms with E-state index in [1.54, 1.807) is 19.2 Å². The molecule has 1 aliphatic heterocycles. The fourth-order valence-electron chi connectivity index (χ4n) is 6.55. The predicted molar refractivity (Wildman–Crippen MR) is 154 cm³/mol. The Morgan fingerprint density at radius 1 is 1.05 bits per heavy atom. The number of nitrogens with zero attached hydrogens (tertiary/aromatic N) is 4. The van der Waals surface area contributed by atoms with Crippen molar-refractivity contribution < 1.29 is 14.1 Å². The predicted octanol–water partition coefficient (Wildman–Crippen LogP) is 7.79. The molecule has 7 nitrogen and oxygen atoms in total. The van der Waals surface area contributed by atoms with Crippen molar-refractivity contribution in [3.8, 4) is 11.1 Å². The first kappa shape index (κ1) is 26.4. The number of benzene rings is 2. The van der Waals surface area contributed by atoms with Gasteiger partial charge in [0.1, 0.15) is 17.1 Å². The lowest BCUT2D eigenvalue weighted by molar-refractivity contribution is -0.117. The van der Waals surface area contributed by atoms with Crippen molar-refractivity contribution in [2.45, 2.75) is 77.0 Å². The summed E-state index contributed by atoms with van der Waals surface area (Å²) in [6.07, 6.45) is 5.31. The first-order valence-electron chi connectivity index (χ1n) is 13.5. The standard InChI is InChI=1S/C30H32Cl2N4O3/c1-17-28(18(2)39-34-17)19-5-12-26-25(15-19)33-29(35(26)20-6-9-22(38-4)10-7-20)30(3)14-13-27(37)36(30)21-8-11-23(31)24(32)16-21/h5,8,11-12,15-16,20,22H,6-7,9-10,13-14H2,1-4H3/t20?,22?,30-/m1/s1. The van der Waals surface area contributed by atoms with Gasteiger partial charge in [-0.25, -0.2) is 4.98 Å². The molecule has 1 aliphatic carbocycles. The lowest BCUT2D eigenvalue weighted by Crippen LogP contribution is -2.44. The number of hydrogen-bond donors (Lipinski definition) is 0. The molecule has 0 spiro atoms. The normalized spacial score (nSPS) is 23.7. The molecule has 1 saturated heterocycles. The van der Waals surface area contributed by atoms with Crippen LogP contribution in [0, 0.1) is 13.8 Å². The molecule has 6 rings (SSSR count). The Balaban J connectivity index is 1.53. The molecule has 1 saturated carbocycles. The van der Waals surface area contributed by atoms with Crippen molar-refractivity contribution in [2.24, 2.45) is 0 Å². The number of methoxy groups -OCH3 is 1. The molecule has 2 aliphatic rings. The maximum Gasteiger partial charge on any atom is 0.227 e. The summed E-state index contributed by atoms with van der Waals surface area (Å²) in [7, 11) is 1.79. The summed E-state index contributed by atoms with van der Waals surface area (Å²) in [5.74, 6) is 1.73. The number of hydrogen-bond acceptors (Lipinski definition) is 5. The maximum absolute atomic E-state index is 13.4. The van der Waals surface area contributed by atoms with E-state index < -0.39 is 5.54 Å². The van der Waals surface area contributed by atoms with Gasteiger partial charge in [-0.2, -0.15) is 0 Å². The molecule has 204 valence electrons. The Labute approximate surface area is 238 Å². The minimum atomic E-state index is -0.658. The molecular formula is C30H32Cl2N4O3. The Morgan fingerprint density at radius 3 is 2.49 bits per heavy atom. The van der Waals surface area contributed by atoms with Crippen molar-refractivity contribution in [2.75, 3.05) is 12.0 Å². The van der Waals surface area contributed by atoms with Crippen LogP contribution in [0.5, 0.6) is 0 Å². The smallest absolute Gasteiger partial charge is 0.227 e. The van der Waals surface area contributed by atoms with Crippen LogP contribution in [0.3, 0.4) is 0 Å². The summed E-state index contributed by atoms with van der Waals surface area (Å²) >= 11 is 12.6. The molecule has 1 amide bonds. The van der Waals surface area contributed by atoms with Crippen LogP contribution in [0.4, 0.5) is 5.69 Å². The van der Waals surface area contributed by atoms with Crippen LogP contribution < -0.4 is 4.90 Å². The Hall–Kier alpha value is -2.87. The van der Waals surface area contributed by atoms with Crippen molar-refractivity contribution >= 4 is 45.8 Å². The van der Waals surface area contributed by atoms with Gasteiger partial charge >= 0.3 is 0 Å². The average Bonchev–Trinajstić information content (AvgIpc) is 3.58. The second-order valence-corrected chi connectivity index (χ2v) is 11.8. The van der Waals surface area contributed by atoms with Gasteiger partial charge in [-0.05, 0) is 88.8 Å². The van der Waals surface area contributed by atoms with Gasteiger partial charge < -0.3 is 13.8 Å². The summed E-state index contributed by atoms with van der Waals surface area (Å²) < 4.78 is 13.5. The van der Waals surface area contributed by atoms with E-state index in [0.29, 0.717) is 22.9 Å². The van der Waals surface area contributed by atoms with Gasteiger partial charge in [0.15, 0.2) is 0 Å². The van der Waals surface area contributed by atoms with E-state index in [0.717, 1.165) is 70.8 Å². The number of imidazole rings is 1.